The van der Waals surface area contributed by atoms with Crippen molar-refractivity contribution in [2.24, 2.45) is 0 Å². The molecule has 4 nitrogen and oxygen atoms in total. The zero-order valence-corrected chi connectivity index (χ0v) is 22.6. The van der Waals surface area contributed by atoms with E-state index in [1.54, 1.807) is 18.4 Å². The second kappa shape index (κ2) is 9.43. The van der Waals surface area contributed by atoms with Gasteiger partial charge in [-0.15, -0.1) is 0 Å². The number of nitrogens with zero attached hydrogens (tertiary/aromatic N) is 3. The Morgan fingerprint density at radius 2 is 1.73 bits per heavy atom. The number of hydrogen-bond acceptors (Lipinski definition) is 4. The van der Waals surface area contributed by atoms with Crippen molar-refractivity contribution in [3.05, 3.63) is 64.7 Å². The third-order valence-corrected chi connectivity index (χ3v) is 14.6. The molecule has 4 heterocycles. The predicted molar refractivity (Wildman–Crippen MR) is 143 cm³/mol. The van der Waals surface area contributed by atoms with Gasteiger partial charge in [0.05, 0.1) is 7.11 Å². The summed E-state index contributed by atoms with van der Waals surface area (Å²) in [6.45, 7) is 14.4. The Hall–Kier alpha value is -2.44. The lowest BCUT2D eigenvalue weighted by Gasteiger charge is -2.44. The maximum absolute atomic E-state index is 5.40. The number of methoxy groups -OCH3 is 1. The Morgan fingerprint density at radius 1 is 1.00 bits per heavy atom. The number of pyridine rings is 2. The van der Waals surface area contributed by atoms with E-state index in [0.29, 0.717) is 22.5 Å². The zero-order valence-electron chi connectivity index (χ0n) is 20.8. The minimum absolute atomic E-state index is 0.586. The first-order valence-corrected chi connectivity index (χ1v) is 14.9. The summed E-state index contributed by atoms with van der Waals surface area (Å²) in [6.07, 6.45) is 5.16. The maximum Gasteiger partial charge on any atom is 0.213 e. The van der Waals surface area contributed by atoms with Gasteiger partial charge >= 0.3 is 0 Å². The Labute approximate surface area is 202 Å². The number of thiophene rings is 1. The number of rotatable bonds is 8. The second-order valence-electron chi connectivity index (χ2n) is 9.79. The summed E-state index contributed by atoms with van der Waals surface area (Å²) >= 11 is 1.74. The van der Waals surface area contributed by atoms with Crippen molar-refractivity contribution in [3.63, 3.8) is 0 Å². The summed E-state index contributed by atoms with van der Waals surface area (Å²) in [5.74, 6) is 0.655. The zero-order chi connectivity index (χ0) is 23.8. The molecule has 0 aromatic carbocycles. The highest BCUT2D eigenvalue weighted by Crippen LogP contribution is 2.46. The molecule has 0 N–H and O–H groups in total. The molecular formula is C27H35N3OSSi. The molecule has 4 aromatic rings. The van der Waals surface area contributed by atoms with Crippen LogP contribution in [0, 0.1) is 0 Å². The van der Waals surface area contributed by atoms with E-state index >= 15 is 0 Å². The molecule has 0 bridgehead atoms. The first-order chi connectivity index (χ1) is 15.8. The van der Waals surface area contributed by atoms with Crippen LogP contribution in [0.5, 0.6) is 5.88 Å². The fraction of sp³-hybridized carbons (Fsp3) is 0.407. The Morgan fingerprint density at radius 3 is 2.33 bits per heavy atom. The molecule has 33 heavy (non-hydrogen) atoms. The molecule has 174 valence electrons. The topological polar surface area (TPSA) is 39.9 Å². The monoisotopic (exact) mass is 477 g/mol. The second-order valence-corrected chi connectivity index (χ2v) is 16.3. The SMILES string of the molecule is COc1cccc(Cc2cn([Si](C(C)C)(C(C)C)C(C)C)c3nccc(-c4ccsc4)c23)n1. The Kier molecular flexibility index (Phi) is 6.77. The number of ether oxygens (including phenoxy) is 1. The lowest BCUT2D eigenvalue weighted by atomic mass is 10.0. The summed E-state index contributed by atoms with van der Waals surface area (Å²) in [5.41, 5.74) is 7.71. The van der Waals surface area contributed by atoms with Crippen molar-refractivity contribution < 1.29 is 4.74 Å². The van der Waals surface area contributed by atoms with Crippen LogP contribution in [-0.4, -0.2) is 29.5 Å². The molecule has 0 spiro atoms. The van der Waals surface area contributed by atoms with Gasteiger partial charge in [0.1, 0.15) is 5.65 Å². The minimum atomic E-state index is -1.98. The molecule has 0 fully saturated rings. The maximum atomic E-state index is 5.40. The van der Waals surface area contributed by atoms with E-state index in [-0.39, 0.29) is 0 Å². The molecule has 0 amide bonds. The van der Waals surface area contributed by atoms with Crippen LogP contribution in [-0.2, 0) is 6.42 Å². The molecule has 0 saturated carbocycles. The smallest absolute Gasteiger partial charge is 0.213 e. The van der Waals surface area contributed by atoms with Gasteiger partial charge in [-0.25, -0.2) is 9.97 Å². The molecule has 0 saturated heterocycles. The predicted octanol–water partition coefficient (Wildman–Crippen LogP) is 7.78. The van der Waals surface area contributed by atoms with Gasteiger partial charge in [-0.2, -0.15) is 11.3 Å². The minimum Gasteiger partial charge on any atom is -0.481 e. The summed E-state index contributed by atoms with van der Waals surface area (Å²) in [7, 11) is -0.307. The fourth-order valence-electron chi connectivity index (χ4n) is 6.02. The van der Waals surface area contributed by atoms with Crippen LogP contribution in [0.2, 0.25) is 16.6 Å². The Bertz CT molecular complexity index is 1210. The molecule has 0 unspecified atom stereocenters. The third kappa shape index (κ3) is 4.04. The number of fused-ring (bicyclic) bond motifs is 1. The largest absolute Gasteiger partial charge is 0.481 e. The van der Waals surface area contributed by atoms with Crippen molar-refractivity contribution in [2.75, 3.05) is 7.11 Å². The van der Waals surface area contributed by atoms with Gasteiger partial charge in [0, 0.05) is 36.0 Å². The number of hydrogen-bond donors (Lipinski definition) is 0. The average molecular weight is 478 g/mol. The van der Waals surface area contributed by atoms with E-state index < -0.39 is 8.24 Å². The van der Waals surface area contributed by atoms with Crippen molar-refractivity contribution in [1.29, 1.82) is 0 Å². The molecule has 4 aromatic heterocycles. The number of aromatic nitrogens is 3. The van der Waals surface area contributed by atoms with E-state index in [4.69, 9.17) is 14.7 Å². The van der Waals surface area contributed by atoms with Gasteiger partial charge < -0.3 is 8.97 Å². The first kappa shape index (κ1) is 23.7. The van der Waals surface area contributed by atoms with Crippen molar-refractivity contribution in [3.8, 4) is 17.0 Å². The van der Waals surface area contributed by atoms with Gasteiger partial charge in [0.15, 0.2) is 8.24 Å². The highest BCUT2D eigenvalue weighted by Gasteiger charge is 2.46. The van der Waals surface area contributed by atoms with E-state index in [1.807, 2.05) is 18.3 Å². The van der Waals surface area contributed by atoms with E-state index in [9.17, 15) is 0 Å². The fourth-order valence-corrected chi connectivity index (χ4v) is 13.3. The molecule has 0 aliphatic heterocycles. The highest BCUT2D eigenvalue weighted by atomic mass is 32.1. The quantitative estimate of drug-likeness (QED) is 0.243. The summed E-state index contributed by atoms with van der Waals surface area (Å²) < 4.78 is 8.03. The lowest BCUT2D eigenvalue weighted by Crippen LogP contribution is -2.51. The average Bonchev–Trinajstić information content (AvgIpc) is 3.43. The van der Waals surface area contributed by atoms with Crippen molar-refractivity contribution in [2.45, 2.75) is 64.6 Å². The van der Waals surface area contributed by atoms with Gasteiger partial charge in [0.2, 0.25) is 5.88 Å². The molecule has 0 radical (unpaired) electrons. The Balaban J connectivity index is 2.02. The van der Waals surface area contributed by atoms with Crippen LogP contribution in [0.25, 0.3) is 22.2 Å². The molecular weight excluding hydrogens is 442 g/mol. The summed E-state index contributed by atoms with van der Waals surface area (Å²) in [6, 6.07) is 10.4. The third-order valence-electron chi connectivity index (χ3n) is 7.15. The summed E-state index contributed by atoms with van der Waals surface area (Å²) in [5, 5.41) is 5.65. The van der Waals surface area contributed by atoms with Crippen LogP contribution in [0.3, 0.4) is 0 Å². The first-order valence-electron chi connectivity index (χ1n) is 11.8. The molecule has 0 aliphatic carbocycles. The van der Waals surface area contributed by atoms with Crippen LogP contribution in [0.15, 0.2) is 53.5 Å². The molecule has 0 aliphatic rings. The van der Waals surface area contributed by atoms with Crippen molar-refractivity contribution in [1.82, 2.24) is 14.2 Å². The van der Waals surface area contributed by atoms with E-state index in [2.05, 4.69) is 80.9 Å². The van der Waals surface area contributed by atoms with Crippen LogP contribution in [0.4, 0.5) is 0 Å². The normalized spacial score (nSPS) is 12.4. The van der Waals surface area contributed by atoms with Crippen LogP contribution in [0.1, 0.15) is 52.8 Å². The van der Waals surface area contributed by atoms with Gasteiger partial charge in [-0.3, -0.25) is 0 Å². The molecule has 0 atom stereocenters. The van der Waals surface area contributed by atoms with Crippen molar-refractivity contribution >= 4 is 30.6 Å². The van der Waals surface area contributed by atoms with E-state index in [0.717, 1.165) is 17.8 Å². The van der Waals surface area contributed by atoms with Gasteiger partial charge in [-0.05, 0) is 62.3 Å². The van der Waals surface area contributed by atoms with Gasteiger partial charge in [0.25, 0.3) is 0 Å². The molecule has 6 heteroatoms. The highest BCUT2D eigenvalue weighted by molar-refractivity contribution is 7.08. The standard InChI is InChI=1S/C27H35N3OSSi/c1-18(2)33(19(3)4,20(5)6)30-16-22(15-23-9-8-10-25(29-23)31-7)26-24(11-13-28-27(26)30)21-12-14-32-17-21/h8-14,16-20H,15H2,1-7H3. The van der Waals surface area contributed by atoms with Crippen LogP contribution >= 0.6 is 11.3 Å². The lowest BCUT2D eigenvalue weighted by molar-refractivity contribution is 0.396. The van der Waals surface area contributed by atoms with E-state index in [1.165, 1.54) is 22.1 Å². The van der Waals surface area contributed by atoms with Crippen LogP contribution < -0.4 is 4.74 Å². The molecule has 4 rings (SSSR count). The van der Waals surface area contributed by atoms with Gasteiger partial charge in [-0.1, -0.05) is 47.6 Å². The summed E-state index contributed by atoms with van der Waals surface area (Å²) in [4.78, 5) is 9.74.